The van der Waals surface area contributed by atoms with E-state index in [0.717, 1.165) is 12.1 Å². The first-order valence-electron chi connectivity index (χ1n) is 8.59. The van der Waals surface area contributed by atoms with Crippen LogP contribution in [0, 0.1) is 0 Å². The van der Waals surface area contributed by atoms with Gasteiger partial charge in [0.1, 0.15) is 5.60 Å². The molecule has 1 aliphatic heterocycles. The lowest BCUT2D eigenvalue weighted by Gasteiger charge is -2.38. The maximum atomic E-state index is 12.3. The molecular formula is C17H28N4O4. The summed E-state index contributed by atoms with van der Waals surface area (Å²) in [7, 11) is 1.57. The predicted molar refractivity (Wildman–Crippen MR) is 92.4 cm³/mol. The summed E-state index contributed by atoms with van der Waals surface area (Å²) in [6, 6.07) is -0.189. The highest BCUT2D eigenvalue weighted by atomic mass is 16.6. The maximum Gasteiger partial charge on any atom is 0.410 e. The van der Waals surface area contributed by atoms with Crippen LogP contribution in [0.2, 0.25) is 0 Å². The standard InChI is InChI=1S/C17H28N4O4/c1-6-11-9-18-14(19-11)15(22)20-12-7-8-21(10-13(12)24-5)16(23)25-17(2,3)4/h9,12-13H,6-8,10H2,1-5H3,(H,18,19)(H,20,22)/t12-,13+/m1/s1. The van der Waals surface area contributed by atoms with Crippen LogP contribution in [0.1, 0.15) is 50.4 Å². The van der Waals surface area contributed by atoms with Crippen molar-refractivity contribution in [2.75, 3.05) is 20.2 Å². The molecular weight excluding hydrogens is 324 g/mol. The summed E-state index contributed by atoms with van der Waals surface area (Å²) in [5.41, 5.74) is 0.370. The molecule has 0 unspecified atom stereocenters. The lowest BCUT2D eigenvalue weighted by atomic mass is 10.0. The first-order valence-corrected chi connectivity index (χ1v) is 8.59. The van der Waals surface area contributed by atoms with Crippen LogP contribution in [0.5, 0.6) is 0 Å². The van der Waals surface area contributed by atoms with Gasteiger partial charge in [0, 0.05) is 25.5 Å². The Morgan fingerprint density at radius 2 is 2.16 bits per heavy atom. The molecule has 1 aliphatic rings. The monoisotopic (exact) mass is 352 g/mol. The number of amides is 2. The zero-order valence-electron chi connectivity index (χ0n) is 15.6. The number of methoxy groups -OCH3 is 1. The molecule has 8 nitrogen and oxygen atoms in total. The van der Waals surface area contributed by atoms with Gasteiger partial charge in [-0.05, 0) is 33.6 Å². The number of aryl methyl sites for hydroxylation is 1. The molecule has 0 radical (unpaired) electrons. The molecule has 1 aromatic heterocycles. The molecule has 1 aromatic rings. The van der Waals surface area contributed by atoms with E-state index in [0.29, 0.717) is 25.3 Å². The van der Waals surface area contributed by atoms with Gasteiger partial charge in [-0.3, -0.25) is 4.79 Å². The zero-order chi connectivity index (χ0) is 18.6. The third-order valence-electron chi connectivity index (χ3n) is 4.05. The van der Waals surface area contributed by atoms with Gasteiger partial charge in [-0.2, -0.15) is 0 Å². The minimum Gasteiger partial charge on any atom is -0.444 e. The van der Waals surface area contributed by atoms with Crippen molar-refractivity contribution in [1.29, 1.82) is 0 Å². The summed E-state index contributed by atoms with van der Waals surface area (Å²) in [6.07, 6.45) is 2.37. The number of rotatable bonds is 4. The van der Waals surface area contributed by atoms with Gasteiger partial charge in [0.15, 0.2) is 5.82 Å². The van der Waals surface area contributed by atoms with Crippen LogP contribution in [0.4, 0.5) is 4.79 Å². The smallest absolute Gasteiger partial charge is 0.410 e. The van der Waals surface area contributed by atoms with Crippen molar-refractivity contribution in [2.24, 2.45) is 0 Å². The Morgan fingerprint density at radius 1 is 1.44 bits per heavy atom. The van der Waals surface area contributed by atoms with E-state index in [1.807, 2.05) is 27.7 Å². The van der Waals surface area contributed by atoms with Gasteiger partial charge in [0.05, 0.1) is 18.7 Å². The average Bonchev–Trinajstić information content (AvgIpc) is 3.02. The number of aromatic amines is 1. The lowest BCUT2D eigenvalue weighted by Crippen LogP contribution is -2.56. The second-order valence-electron chi connectivity index (χ2n) is 7.18. The number of H-pyrrole nitrogens is 1. The number of hydrogen-bond acceptors (Lipinski definition) is 5. The van der Waals surface area contributed by atoms with E-state index in [-0.39, 0.29) is 24.1 Å². The van der Waals surface area contributed by atoms with Gasteiger partial charge in [-0.1, -0.05) is 6.92 Å². The van der Waals surface area contributed by atoms with E-state index in [1.54, 1.807) is 18.2 Å². The second kappa shape index (κ2) is 7.86. The second-order valence-corrected chi connectivity index (χ2v) is 7.18. The highest BCUT2D eigenvalue weighted by Crippen LogP contribution is 2.18. The van der Waals surface area contributed by atoms with Gasteiger partial charge < -0.3 is 24.7 Å². The van der Waals surface area contributed by atoms with Crippen LogP contribution in [0.3, 0.4) is 0 Å². The third-order valence-corrected chi connectivity index (χ3v) is 4.05. The molecule has 0 aliphatic carbocycles. The number of imidazole rings is 1. The summed E-state index contributed by atoms with van der Waals surface area (Å²) in [5.74, 6) is 0.0266. The molecule has 2 atom stereocenters. The van der Waals surface area contributed by atoms with Gasteiger partial charge in [0.25, 0.3) is 5.91 Å². The molecule has 0 aromatic carbocycles. The Kier molecular flexibility index (Phi) is 6.05. The van der Waals surface area contributed by atoms with Gasteiger partial charge >= 0.3 is 6.09 Å². The van der Waals surface area contributed by atoms with Gasteiger partial charge in [-0.15, -0.1) is 0 Å². The molecule has 1 fully saturated rings. The maximum absolute atomic E-state index is 12.3. The van der Waals surface area contributed by atoms with E-state index < -0.39 is 5.60 Å². The Bertz CT molecular complexity index is 608. The third kappa shape index (κ3) is 5.19. The summed E-state index contributed by atoms with van der Waals surface area (Å²) >= 11 is 0. The minimum absolute atomic E-state index is 0.189. The first-order chi connectivity index (χ1) is 11.7. The van der Waals surface area contributed by atoms with Crippen molar-refractivity contribution < 1.29 is 19.1 Å². The summed E-state index contributed by atoms with van der Waals surface area (Å²) in [5, 5.41) is 2.94. The van der Waals surface area contributed by atoms with E-state index in [1.165, 1.54) is 0 Å². The minimum atomic E-state index is -0.541. The Hall–Kier alpha value is -2.09. The molecule has 8 heteroatoms. The number of aromatic nitrogens is 2. The van der Waals surface area contributed by atoms with Crippen molar-refractivity contribution in [3.8, 4) is 0 Å². The van der Waals surface area contributed by atoms with Crippen LogP contribution in [0.25, 0.3) is 0 Å². The van der Waals surface area contributed by atoms with Crippen LogP contribution in [-0.2, 0) is 15.9 Å². The Labute approximate surface area is 148 Å². The molecule has 2 rings (SSSR count). The normalized spacial score (nSPS) is 21.1. The fourth-order valence-corrected chi connectivity index (χ4v) is 2.70. The Balaban J connectivity index is 1.95. The summed E-state index contributed by atoms with van der Waals surface area (Å²) in [4.78, 5) is 33.2. The molecule has 1 saturated heterocycles. The van der Waals surface area contributed by atoms with Crippen molar-refractivity contribution >= 4 is 12.0 Å². The SMILES string of the molecule is CCc1cnc(C(=O)N[C@@H]2CCN(C(=O)OC(C)(C)C)C[C@@H]2OC)[nH]1. The molecule has 0 saturated carbocycles. The van der Waals surface area contributed by atoms with Crippen molar-refractivity contribution in [1.82, 2.24) is 20.2 Å². The number of carbonyl (C=O) groups excluding carboxylic acids is 2. The molecule has 0 spiro atoms. The molecule has 25 heavy (non-hydrogen) atoms. The topological polar surface area (TPSA) is 96.6 Å². The first kappa shape index (κ1) is 19.2. The van der Waals surface area contributed by atoms with E-state index >= 15 is 0 Å². The van der Waals surface area contributed by atoms with E-state index in [4.69, 9.17) is 9.47 Å². The van der Waals surface area contributed by atoms with Crippen molar-refractivity contribution in [3.05, 3.63) is 17.7 Å². The molecule has 2 amide bonds. The highest BCUT2D eigenvalue weighted by molar-refractivity contribution is 5.90. The highest BCUT2D eigenvalue weighted by Gasteiger charge is 2.34. The predicted octanol–water partition coefficient (Wildman–Crippen LogP) is 1.73. The molecule has 2 N–H and O–H groups in total. The van der Waals surface area contributed by atoms with Crippen LogP contribution >= 0.6 is 0 Å². The fraction of sp³-hybridized carbons (Fsp3) is 0.706. The number of likely N-dealkylation sites (tertiary alicyclic amines) is 1. The van der Waals surface area contributed by atoms with Crippen LogP contribution in [0.15, 0.2) is 6.20 Å². The zero-order valence-corrected chi connectivity index (χ0v) is 15.6. The van der Waals surface area contributed by atoms with Crippen molar-refractivity contribution in [2.45, 2.75) is 58.3 Å². The van der Waals surface area contributed by atoms with Crippen LogP contribution in [-0.4, -0.2) is 64.8 Å². The molecule has 2 heterocycles. The van der Waals surface area contributed by atoms with E-state index in [2.05, 4.69) is 15.3 Å². The van der Waals surface area contributed by atoms with E-state index in [9.17, 15) is 9.59 Å². The summed E-state index contributed by atoms with van der Waals surface area (Å²) in [6.45, 7) is 8.36. The quantitative estimate of drug-likeness (QED) is 0.860. The summed E-state index contributed by atoms with van der Waals surface area (Å²) < 4.78 is 10.9. The van der Waals surface area contributed by atoms with Gasteiger partial charge in [0.2, 0.25) is 0 Å². The van der Waals surface area contributed by atoms with Crippen LogP contribution < -0.4 is 5.32 Å². The number of piperidine rings is 1. The number of carbonyl (C=O) groups is 2. The lowest BCUT2D eigenvalue weighted by molar-refractivity contribution is -0.0172. The number of nitrogens with one attached hydrogen (secondary N) is 2. The average molecular weight is 352 g/mol. The van der Waals surface area contributed by atoms with Crippen molar-refractivity contribution in [3.63, 3.8) is 0 Å². The fourth-order valence-electron chi connectivity index (χ4n) is 2.70. The molecule has 140 valence electrons. The molecule has 0 bridgehead atoms. The number of hydrogen-bond donors (Lipinski definition) is 2. The number of ether oxygens (including phenoxy) is 2. The van der Waals surface area contributed by atoms with Gasteiger partial charge in [-0.25, -0.2) is 9.78 Å². The number of nitrogens with zero attached hydrogens (tertiary/aromatic N) is 2. The Morgan fingerprint density at radius 3 is 2.72 bits per heavy atom. The largest absolute Gasteiger partial charge is 0.444 e.